The normalized spacial score (nSPS) is 17.3. The summed E-state index contributed by atoms with van der Waals surface area (Å²) in [7, 11) is -2.37. The maximum Gasteiger partial charge on any atom is 0.269 e. The maximum absolute atomic E-state index is 13.8. The SMILES string of the molecule is COCCS(=O)(=O)Nc1ccc(C(=O)Nc2cc3ccoc3c(N3CCC(F)(F)CC3)n2)c(N2CCC(=C(F)F)CC2)c1. The molecule has 2 aliphatic rings. The number of carbonyl (C=O) groups excluding carboxylic acids is 1. The minimum atomic E-state index is -3.76. The van der Waals surface area contributed by atoms with Crippen molar-refractivity contribution in [2.75, 3.05) is 65.5 Å². The standard InChI is InChI=1S/C28H31F4N5O5S/c1-41-14-15-43(39,40)35-20-2-3-21(22(17-20)36-9-4-18(5-10-36)25(29)30)27(38)34-23-16-19-6-13-42-24(19)26(33-23)37-11-7-28(31,32)8-12-37/h2-3,6,13,16-17,35H,4-5,7-12,14-15H2,1H3,(H,33,34,38). The molecule has 3 aromatic rings. The average Bonchev–Trinajstić information content (AvgIpc) is 3.44. The molecule has 0 spiro atoms. The molecule has 2 aliphatic heterocycles. The van der Waals surface area contributed by atoms with E-state index in [-0.39, 0.29) is 86.9 Å². The van der Waals surface area contributed by atoms with Crippen LogP contribution < -0.4 is 19.8 Å². The van der Waals surface area contributed by atoms with Gasteiger partial charge < -0.3 is 24.3 Å². The molecule has 0 unspecified atom stereocenters. The molecular formula is C28H31F4N5O5S. The number of rotatable bonds is 9. The third kappa shape index (κ3) is 7.21. The van der Waals surface area contributed by atoms with E-state index in [0.717, 1.165) is 0 Å². The van der Waals surface area contributed by atoms with E-state index in [2.05, 4.69) is 15.0 Å². The van der Waals surface area contributed by atoms with Crippen LogP contribution in [0.1, 0.15) is 36.0 Å². The van der Waals surface area contributed by atoms with Crippen LogP contribution in [0.4, 0.5) is 40.6 Å². The van der Waals surface area contributed by atoms with E-state index in [1.54, 1.807) is 21.9 Å². The lowest BCUT2D eigenvalue weighted by atomic mass is 10.0. The van der Waals surface area contributed by atoms with Crippen molar-refractivity contribution < 1.29 is 39.9 Å². The van der Waals surface area contributed by atoms with E-state index in [4.69, 9.17) is 9.15 Å². The highest BCUT2D eigenvalue weighted by molar-refractivity contribution is 7.92. The van der Waals surface area contributed by atoms with E-state index in [1.807, 2.05) is 0 Å². The fraction of sp³-hybridized carbons (Fsp3) is 0.429. The van der Waals surface area contributed by atoms with E-state index in [9.17, 15) is 30.8 Å². The molecule has 1 aromatic carbocycles. The van der Waals surface area contributed by atoms with Crippen molar-refractivity contribution >= 4 is 49.9 Å². The minimum Gasteiger partial charge on any atom is -0.460 e. The van der Waals surface area contributed by atoms with Crippen molar-refractivity contribution in [3.8, 4) is 0 Å². The van der Waals surface area contributed by atoms with Gasteiger partial charge in [0.2, 0.25) is 10.0 Å². The molecule has 4 heterocycles. The second-order valence-electron chi connectivity index (χ2n) is 10.5. The van der Waals surface area contributed by atoms with Gasteiger partial charge >= 0.3 is 0 Å². The topological polar surface area (TPSA) is 117 Å². The summed E-state index contributed by atoms with van der Waals surface area (Å²) in [5, 5.41) is 3.37. The van der Waals surface area contributed by atoms with Crippen molar-refractivity contribution in [3.63, 3.8) is 0 Å². The Labute approximate surface area is 245 Å². The number of fused-ring (bicyclic) bond motifs is 1. The van der Waals surface area contributed by atoms with Gasteiger partial charge in [-0.15, -0.1) is 0 Å². The van der Waals surface area contributed by atoms with Crippen LogP contribution in [0.15, 0.2) is 52.7 Å². The lowest BCUT2D eigenvalue weighted by molar-refractivity contribution is -0.0221. The Morgan fingerprint density at radius 1 is 1.07 bits per heavy atom. The van der Waals surface area contributed by atoms with Crippen LogP contribution in [0.2, 0.25) is 0 Å². The fourth-order valence-electron chi connectivity index (χ4n) is 5.15. The molecular weight excluding hydrogens is 594 g/mol. The lowest BCUT2D eigenvalue weighted by Gasteiger charge is -2.32. The van der Waals surface area contributed by atoms with Crippen molar-refractivity contribution in [2.24, 2.45) is 0 Å². The van der Waals surface area contributed by atoms with Crippen LogP contribution in [0.25, 0.3) is 11.0 Å². The summed E-state index contributed by atoms with van der Waals surface area (Å²) >= 11 is 0. The number of aromatic nitrogens is 1. The van der Waals surface area contributed by atoms with Crippen molar-refractivity contribution in [1.29, 1.82) is 0 Å². The Bertz CT molecular complexity index is 1620. The Kier molecular flexibility index (Phi) is 8.83. The molecule has 2 saturated heterocycles. The van der Waals surface area contributed by atoms with E-state index >= 15 is 0 Å². The average molecular weight is 626 g/mol. The zero-order valence-corrected chi connectivity index (χ0v) is 24.2. The molecule has 232 valence electrons. The molecule has 0 saturated carbocycles. The largest absolute Gasteiger partial charge is 0.460 e. The number of nitrogens with one attached hydrogen (secondary N) is 2. The first-order chi connectivity index (χ1) is 20.4. The number of furan rings is 1. The smallest absolute Gasteiger partial charge is 0.269 e. The van der Waals surface area contributed by atoms with Gasteiger partial charge in [0.25, 0.3) is 17.9 Å². The molecule has 2 aromatic heterocycles. The van der Waals surface area contributed by atoms with Crippen LogP contribution in [0.5, 0.6) is 0 Å². The van der Waals surface area contributed by atoms with Gasteiger partial charge in [-0.05, 0) is 48.7 Å². The number of nitrogens with zero attached hydrogens (tertiary/aromatic N) is 3. The third-order valence-corrected chi connectivity index (χ3v) is 8.75. The number of anilines is 4. The van der Waals surface area contributed by atoms with Crippen molar-refractivity contribution in [3.05, 3.63) is 53.8 Å². The number of pyridine rings is 1. The van der Waals surface area contributed by atoms with Gasteiger partial charge in [-0.2, -0.15) is 8.78 Å². The molecule has 5 rings (SSSR count). The predicted octanol–water partition coefficient (Wildman–Crippen LogP) is 5.45. The van der Waals surface area contributed by atoms with Crippen LogP contribution in [0, 0.1) is 0 Å². The summed E-state index contributed by atoms with van der Waals surface area (Å²) in [6.45, 7) is 0.480. The first-order valence-corrected chi connectivity index (χ1v) is 15.3. The van der Waals surface area contributed by atoms with Gasteiger partial charge in [0.1, 0.15) is 5.82 Å². The molecule has 0 atom stereocenters. The number of piperidine rings is 2. The number of hydrogen-bond acceptors (Lipinski definition) is 8. The Hall–Kier alpha value is -3.85. The molecule has 0 aliphatic carbocycles. The number of hydrogen-bond donors (Lipinski definition) is 2. The zero-order chi connectivity index (χ0) is 30.8. The first-order valence-electron chi connectivity index (χ1n) is 13.7. The summed E-state index contributed by atoms with van der Waals surface area (Å²) in [5.41, 5.74) is 1.17. The summed E-state index contributed by atoms with van der Waals surface area (Å²) in [5.74, 6) is -3.13. The van der Waals surface area contributed by atoms with Crippen molar-refractivity contribution in [2.45, 2.75) is 31.6 Å². The maximum atomic E-state index is 13.8. The van der Waals surface area contributed by atoms with E-state index in [0.29, 0.717) is 22.5 Å². The summed E-state index contributed by atoms with van der Waals surface area (Å²) < 4.78 is 91.8. The molecule has 15 heteroatoms. The zero-order valence-electron chi connectivity index (χ0n) is 23.3. The quantitative estimate of drug-likeness (QED) is 0.302. The number of amides is 1. The highest BCUT2D eigenvalue weighted by Crippen LogP contribution is 2.35. The molecule has 10 nitrogen and oxygen atoms in total. The first kappa shape index (κ1) is 30.6. The highest BCUT2D eigenvalue weighted by atomic mass is 32.2. The third-order valence-electron chi connectivity index (χ3n) is 7.50. The Morgan fingerprint density at radius 2 is 1.79 bits per heavy atom. The Balaban J connectivity index is 1.44. The lowest BCUT2D eigenvalue weighted by Crippen LogP contribution is -2.39. The van der Waals surface area contributed by atoms with Gasteiger partial charge in [-0.3, -0.25) is 9.52 Å². The summed E-state index contributed by atoms with van der Waals surface area (Å²) in [4.78, 5) is 21.6. The Morgan fingerprint density at radius 3 is 2.47 bits per heavy atom. The number of sulfonamides is 1. The van der Waals surface area contributed by atoms with Gasteiger partial charge in [0.15, 0.2) is 11.4 Å². The highest BCUT2D eigenvalue weighted by Gasteiger charge is 2.35. The van der Waals surface area contributed by atoms with Crippen molar-refractivity contribution in [1.82, 2.24) is 4.98 Å². The predicted molar refractivity (Wildman–Crippen MR) is 155 cm³/mol. The molecule has 0 radical (unpaired) electrons. The molecule has 2 fully saturated rings. The second kappa shape index (κ2) is 12.4. The van der Waals surface area contributed by atoms with E-state index in [1.165, 1.54) is 31.6 Å². The number of halogens is 4. The van der Waals surface area contributed by atoms with Crippen LogP contribution in [0.3, 0.4) is 0 Å². The monoisotopic (exact) mass is 625 g/mol. The molecule has 0 bridgehead atoms. The number of alkyl halides is 2. The summed E-state index contributed by atoms with van der Waals surface area (Å²) in [6.07, 6.45) is -0.765. The fourth-order valence-corrected chi connectivity index (χ4v) is 6.12. The number of benzene rings is 1. The number of ether oxygens (including phenoxy) is 1. The molecule has 43 heavy (non-hydrogen) atoms. The van der Waals surface area contributed by atoms with Crippen LogP contribution in [-0.2, 0) is 14.8 Å². The van der Waals surface area contributed by atoms with Gasteiger partial charge in [0.05, 0.1) is 35.6 Å². The second-order valence-corrected chi connectivity index (χ2v) is 12.3. The van der Waals surface area contributed by atoms with E-state index < -0.39 is 27.9 Å². The molecule has 2 N–H and O–H groups in total. The van der Waals surface area contributed by atoms with Gasteiger partial charge in [-0.1, -0.05) is 0 Å². The van der Waals surface area contributed by atoms with Gasteiger partial charge in [0, 0.05) is 51.5 Å². The van der Waals surface area contributed by atoms with Gasteiger partial charge in [-0.25, -0.2) is 22.2 Å². The number of methoxy groups -OCH3 is 1. The minimum absolute atomic E-state index is 0.0193. The number of carbonyl (C=O) groups is 1. The van der Waals surface area contributed by atoms with Crippen LogP contribution >= 0.6 is 0 Å². The summed E-state index contributed by atoms with van der Waals surface area (Å²) in [6, 6.07) is 7.65. The van der Waals surface area contributed by atoms with Crippen LogP contribution in [-0.4, -0.2) is 70.9 Å². The molecule has 1 amide bonds.